The normalized spacial score (nSPS) is 12.1. The maximum Gasteiger partial charge on any atom is 0.132 e. The second-order valence-corrected chi connectivity index (χ2v) is 5.78. The lowest BCUT2D eigenvalue weighted by Gasteiger charge is -2.25. The molecule has 0 atom stereocenters. The van der Waals surface area contributed by atoms with Gasteiger partial charge in [0.2, 0.25) is 0 Å². The molecule has 0 unspecified atom stereocenters. The summed E-state index contributed by atoms with van der Waals surface area (Å²) >= 11 is 6.04. The second-order valence-electron chi connectivity index (χ2n) is 5.43. The number of nitrogens with two attached hydrogens (primary N) is 1. The van der Waals surface area contributed by atoms with Gasteiger partial charge >= 0.3 is 0 Å². The first-order valence-corrected chi connectivity index (χ1v) is 6.59. The number of rotatable bonds is 3. The van der Waals surface area contributed by atoms with E-state index >= 15 is 0 Å². The van der Waals surface area contributed by atoms with Crippen molar-refractivity contribution in [3.8, 4) is 0 Å². The molecule has 1 aromatic carbocycles. The molecule has 0 saturated heterocycles. The number of hydrogen-bond donors (Lipinski definition) is 1. The smallest absolute Gasteiger partial charge is 0.132 e. The summed E-state index contributed by atoms with van der Waals surface area (Å²) in [7, 11) is 0. The minimum absolute atomic E-state index is 0.0937. The lowest BCUT2D eigenvalue weighted by Crippen LogP contribution is -2.21. The van der Waals surface area contributed by atoms with E-state index in [4.69, 9.17) is 17.3 Å². The van der Waals surface area contributed by atoms with Gasteiger partial charge in [0.1, 0.15) is 5.15 Å². The van der Waals surface area contributed by atoms with E-state index in [0.29, 0.717) is 11.7 Å². The minimum atomic E-state index is 0.0937. The first-order chi connectivity index (χ1) is 8.44. The molecule has 0 aliphatic heterocycles. The second kappa shape index (κ2) is 4.87. The van der Waals surface area contributed by atoms with Crippen molar-refractivity contribution in [3.05, 3.63) is 40.5 Å². The quantitative estimate of drug-likeness (QED) is 0.854. The van der Waals surface area contributed by atoms with Crippen LogP contribution in [0.15, 0.2) is 24.3 Å². The molecule has 18 heavy (non-hydrogen) atoms. The molecule has 0 fully saturated rings. The monoisotopic (exact) mass is 262 g/mol. The molecule has 1 heterocycles. The van der Waals surface area contributed by atoms with Crippen LogP contribution in [0.4, 0.5) is 0 Å². The fraction of sp³-hybridized carbons (Fsp3) is 0.400. The van der Waals surface area contributed by atoms with Crippen LogP contribution in [0.5, 0.6) is 0 Å². The van der Waals surface area contributed by atoms with Gasteiger partial charge in [0, 0.05) is 5.39 Å². The molecule has 1 aromatic heterocycles. The largest absolute Gasteiger partial charge is 0.330 e. The van der Waals surface area contributed by atoms with Gasteiger partial charge in [-0.25, -0.2) is 4.98 Å². The summed E-state index contributed by atoms with van der Waals surface area (Å²) in [5.41, 5.74) is 9.02. The summed E-state index contributed by atoms with van der Waals surface area (Å²) in [5, 5.41) is 1.72. The van der Waals surface area contributed by atoms with E-state index in [-0.39, 0.29) is 5.41 Å². The summed E-state index contributed by atoms with van der Waals surface area (Å²) in [6, 6.07) is 8.44. The van der Waals surface area contributed by atoms with Crippen LogP contribution in [0.25, 0.3) is 10.9 Å². The third kappa shape index (κ3) is 2.50. The molecule has 0 radical (unpaired) electrons. The van der Waals surface area contributed by atoms with E-state index < -0.39 is 0 Å². The average molecular weight is 263 g/mol. The number of halogens is 1. The molecule has 0 saturated carbocycles. The number of benzene rings is 1. The summed E-state index contributed by atoms with van der Waals surface area (Å²) in [6.45, 7) is 7.11. The van der Waals surface area contributed by atoms with Crippen LogP contribution >= 0.6 is 11.6 Å². The Balaban J connectivity index is 2.53. The van der Waals surface area contributed by atoms with E-state index in [2.05, 4.69) is 37.0 Å². The van der Waals surface area contributed by atoms with Crippen LogP contribution in [0.1, 0.15) is 31.4 Å². The topological polar surface area (TPSA) is 38.9 Å². The van der Waals surface area contributed by atoms with Gasteiger partial charge in [0.05, 0.1) is 5.52 Å². The Kier molecular flexibility index (Phi) is 3.60. The number of hydrogen-bond acceptors (Lipinski definition) is 2. The first-order valence-electron chi connectivity index (χ1n) is 6.21. The van der Waals surface area contributed by atoms with Crippen molar-refractivity contribution in [2.75, 3.05) is 6.54 Å². The molecule has 0 spiro atoms. The van der Waals surface area contributed by atoms with Crippen LogP contribution in [-0.2, 0) is 5.41 Å². The van der Waals surface area contributed by atoms with Crippen molar-refractivity contribution in [2.45, 2.75) is 32.6 Å². The molecular weight excluding hydrogens is 244 g/mol. The number of aryl methyl sites for hydroxylation is 1. The molecular formula is C15H19ClN2. The number of pyridine rings is 1. The highest BCUT2D eigenvalue weighted by Gasteiger charge is 2.19. The van der Waals surface area contributed by atoms with Gasteiger partial charge in [-0.3, -0.25) is 0 Å². The SMILES string of the molecule is Cc1cc2cc(C(C)(C)CCN)ccc2nc1Cl. The number of nitrogens with zero attached hydrogens (tertiary/aromatic N) is 1. The van der Waals surface area contributed by atoms with Gasteiger partial charge in [-0.1, -0.05) is 31.5 Å². The molecule has 0 aliphatic carbocycles. The summed E-state index contributed by atoms with van der Waals surface area (Å²) in [5.74, 6) is 0. The standard InChI is InChI=1S/C15H19ClN2/c1-10-8-11-9-12(15(2,3)6-7-17)4-5-13(11)18-14(10)16/h4-5,8-9H,6-7,17H2,1-3H3. The lowest BCUT2D eigenvalue weighted by molar-refractivity contribution is 0.488. The van der Waals surface area contributed by atoms with E-state index in [1.54, 1.807) is 0 Å². The summed E-state index contributed by atoms with van der Waals surface area (Å²) in [6.07, 6.45) is 0.971. The predicted octanol–water partition coefficient (Wildman–Crippen LogP) is 3.82. The number of aromatic nitrogens is 1. The molecule has 0 aliphatic rings. The Morgan fingerprint density at radius 3 is 2.67 bits per heavy atom. The van der Waals surface area contributed by atoms with Gasteiger partial charge < -0.3 is 5.73 Å². The zero-order valence-corrected chi connectivity index (χ0v) is 11.9. The molecule has 3 heteroatoms. The Bertz CT molecular complexity index is 576. The highest BCUT2D eigenvalue weighted by molar-refractivity contribution is 6.30. The van der Waals surface area contributed by atoms with Gasteiger partial charge in [0.15, 0.2) is 0 Å². The van der Waals surface area contributed by atoms with Crippen molar-refractivity contribution in [1.29, 1.82) is 0 Å². The Hall–Kier alpha value is -1.12. The van der Waals surface area contributed by atoms with E-state index in [1.165, 1.54) is 5.56 Å². The Labute approximate surface area is 113 Å². The van der Waals surface area contributed by atoms with Crippen LogP contribution in [0, 0.1) is 6.92 Å². The maximum atomic E-state index is 6.04. The summed E-state index contributed by atoms with van der Waals surface area (Å²) < 4.78 is 0. The third-order valence-corrected chi connectivity index (χ3v) is 3.88. The van der Waals surface area contributed by atoms with E-state index in [9.17, 15) is 0 Å². The third-order valence-electron chi connectivity index (χ3n) is 3.49. The zero-order valence-electron chi connectivity index (χ0n) is 11.1. The van der Waals surface area contributed by atoms with Crippen LogP contribution < -0.4 is 5.73 Å². The zero-order chi connectivity index (χ0) is 13.3. The van der Waals surface area contributed by atoms with Gasteiger partial charge in [-0.15, -0.1) is 0 Å². The van der Waals surface area contributed by atoms with Crippen molar-refractivity contribution in [3.63, 3.8) is 0 Å². The van der Waals surface area contributed by atoms with Crippen molar-refractivity contribution < 1.29 is 0 Å². The highest BCUT2D eigenvalue weighted by Crippen LogP contribution is 2.29. The van der Waals surface area contributed by atoms with Crippen LogP contribution in [0.3, 0.4) is 0 Å². The number of fused-ring (bicyclic) bond motifs is 1. The van der Waals surface area contributed by atoms with Crippen molar-refractivity contribution in [2.24, 2.45) is 5.73 Å². The van der Waals surface area contributed by atoms with Gasteiger partial charge in [-0.05, 0) is 54.6 Å². The van der Waals surface area contributed by atoms with E-state index in [1.807, 2.05) is 13.0 Å². The molecule has 0 amide bonds. The van der Waals surface area contributed by atoms with Gasteiger partial charge in [0.25, 0.3) is 0 Å². The maximum absolute atomic E-state index is 6.04. The minimum Gasteiger partial charge on any atom is -0.330 e. The molecule has 96 valence electrons. The fourth-order valence-corrected chi connectivity index (χ4v) is 2.33. The average Bonchev–Trinajstić information content (AvgIpc) is 2.30. The molecule has 2 N–H and O–H groups in total. The summed E-state index contributed by atoms with van der Waals surface area (Å²) in [4.78, 5) is 4.39. The lowest BCUT2D eigenvalue weighted by atomic mass is 9.81. The molecule has 2 aromatic rings. The highest BCUT2D eigenvalue weighted by atomic mass is 35.5. The first kappa shape index (κ1) is 13.3. The van der Waals surface area contributed by atoms with E-state index in [0.717, 1.165) is 22.9 Å². The van der Waals surface area contributed by atoms with Crippen molar-refractivity contribution >= 4 is 22.5 Å². The van der Waals surface area contributed by atoms with Crippen molar-refractivity contribution in [1.82, 2.24) is 4.98 Å². The fourth-order valence-electron chi connectivity index (χ4n) is 2.18. The van der Waals surface area contributed by atoms with Crippen LogP contribution in [0.2, 0.25) is 5.15 Å². The van der Waals surface area contributed by atoms with Gasteiger partial charge in [-0.2, -0.15) is 0 Å². The Morgan fingerprint density at radius 1 is 1.28 bits per heavy atom. The molecule has 2 rings (SSSR count). The van der Waals surface area contributed by atoms with Crippen LogP contribution in [-0.4, -0.2) is 11.5 Å². The molecule has 0 bridgehead atoms. The molecule has 2 nitrogen and oxygen atoms in total. The predicted molar refractivity (Wildman–Crippen MR) is 78.2 cm³/mol. The Morgan fingerprint density at radius 2 is 2.00 bits per heavy atom.